The topological polar surface area (TPSA) is 46.9 Å². The zero-order valence-electron chi connectivity index (χ0n) is 12.4. The first-order valence-electron chi connectivity index (χ1n) is 7.15. The van der Waals surface area contributed by atoms with Crippen LogP contribution in [0.4, 0.5) is 5.69 Å². The monoisotopic (exact) mass is 291 g/mol. The van der Waals surface area contributed by atoms with E-state index in [0.717, 1.165) is 23.6 Å². The third-order valence-corrected chi connectivity index (χ3v) is 3.37. The van der Waals surface area contributed by atoms with Crippen LogP contribution in [-0.4, -0.2) is 15.5 Å². The van der Waals surface area contributed by atoms with Gasteiger partial charge >= 0.3 is 0 Å². The molecule has 1 amide bonds. The lowest BCUT2D eigenvalue weighted by Gasteiger charge is -2.09. The van der Waals surface area contributed by atoms with Crippen LogP contribution in [0.3, 0.4) is 0 Å². The normalized spacial score (nSPS) is 10.4. The molecule has 4 heteroatoms. The highest BCUT2D eigenvalue weighted by molar-refractivity contribution is 5.88. The highest BCUT2D eigenvalue weighted by Gasteiger charge is 2.06. The van der Waals surface area contributed by atoms with Crippen molar-refractivity contribution in [3.63, 3.8) is 0 Å². The Morgan fingerprint density at radius 3 is 2.50 bits per heavy atom. The van der Waals surface area contributed by atoms with Crippen molar-refractivity contribution in [2.75, 3.05) is 5.32 Å². The summed E-state index contributed by atoms with van der Waals surface area (Å²) >= 11 is 0. The Hall–Kier alpha value is -2.88. The molecule has 0 aliphatic heterocycles. The molecule has 22 heavy (non-hydrogen) atoms. The number of hydrogen-bond acceptors (Lipinski definition) is 2. The number of anilines is 1. The van der Waals surface area contributed by atoms with Crippen LogP contribution < -0.4 is 5.32 Å². The molecule has 1 heterocycles. The van der Waals surface area contributed by atoms with Crippen LogP contribution in [0.15, 0.2) is 67.0 Å². The highest BCUT2D eigenvalue weighted by Crippen LogP contribution is 2.21. The van der Waals surface area contributed by atoms with Crippen molar-refractivity contribution >= 4 is 11.6 Å². The van der Waals surface area contributed by atoms with Gasteiger partial charge in [-0.2, -0.15) is 0 Å². The average Bonchev–Trinajstić information content (AvgIpc) is 2.97. The molecular formula is C18H17N3O. The predicted molar refractivity (Wildman–Crippen MR) is 87.5 cm³/mol. The molecular weight excluding hydrogens is 274 g/mol. The molecule has 0 radical (unpaired) electrons. The first-order valence-corrected chi connectivity index (χ1v) is 7.15. The molecule has 1 N–H and O–H groups in total. The second-order valence-electron chi connectivity index (χ2n) is 5.12. The predicted octanol–water partition coefficient (Wildman–Crippen LogP) is 3.56. The number of nitrogens with zero attached hydrogens (tertiary/aromatic N) is 2. The number of carbonyl (C=O) groups excluding carboxylic acids is 1. The van der Waals surface area contributed by atoms with E-state index in [9.17, 15) is 4.79 Å². The van der Waals surface area contributed by atoms with Gasteiger partial charge in [0.05, 0.1) is 0 Å². The number of imidazole rings is 1. The largest absolute Gasteiger partial charge is 0.327 e. The smallest absolute Gasteiger partial charge is 0.221 e. The first-order chi connectivity index (χ1) is 10.7. The number of aromatic nitrogens is 2. The Labute approximate surface area is 129 Å². The van der Waals surface area contributed by atoms with E-state index in [1.807, 2.05) is 48.7 Å². The molecule has 110 valence electrons. The number of carbonyl (C=O) groups is 1. The van der Waals surface area contributed by atoms with Gasteiger partial charge in [0.15, 0.2) is 0 Å². The van der Waals surface area contributed by atoms with Crippen LogP contribution in [0.1, 0.15) is 12.5 Å². The molecule has 4 nitrogen and oxygen atoms in total. The fourth-order valence-corrected chi connectivity index (χ4v) is 2.38. The SMILES string of the molecule is CC(=O)Nc1ccc(-c2nccn2Cc2ccccc2)cc1. The number of rotatable bonds is 4. The molecule has 0 fully saturated rings. The van der Waals surface area contributed by atoms with E-state index in [-0.39, 0.29) is 5.91 Å². The minimum Gasteiger partial charge on any atom is -0.327 e. The maximum atomic E-state index is 11.1. The highest BCUT2D eigenvalue weighted by atomic mass is 16.1. The summed E-state index contributed by atoms with van der Waals surface area (Å²) in [5.41, 5.74) is 3.05. The minimum absolute atomic E-state index is 0.0710. The second kappa shape index (κ2) is 6.26. The molecule has 2 aromatic carbocycles. The molecule has 0 unspecified atom stereocenters. The average molecular weight is 291 g/mol. The Balaban J connectivity index is 1.84. The summed E-state index contributed by atoms with van der Waals surface area (Å²) in [5, 5.41) is 2.77. The van der Waals surface area contributed by atoms with Crippen LogP contribution in [0.5, 0.6) is 0 Å². The van der Waals surface area contributed by atoms with Gasteiger partial charge in [0, 0.05) is 37.1 Å². The zero-order chi connectivity index (χ0) is 15.4. The molecule has 1 aromatic heterocycles. The second-order valence-corrected chi connectivity index (χ2v) is 5.12. The van der Waals surface area contributed by atoms with Gasteiger partial charge in [-0.1, -0.05) is 30.3 Å². The summed E-state index contributed by atoms with van der Waals surface area (Å²) in [7, 11) is 0. The lowest BCUT2D eigenvalue weighted by Crippen LogP contribution is -2.05. The fraction of sp³-hybridized carbons (Fsp3) is 0.111. The lowest BCUT2D eigenvalue weighted by atomic mass is 10.2. The number of nitrogens with one attached hydrogen (secondary N) is 1. The van der Waals surface area contributed by atoms with Crippen molar-refractivity contribution in [2.45, 2.75) is 13.5 Å². The van der Waals surface area contributed by atoms with Gasteiger partial charge in [-0.05, 0) is 29.8 Å². The Bertz CT molecular complexity index is 761. The van der Waals surface area contributed by atoms with Crippen molar-refractivity contribution < 1.29 is 4.79 Å². The van der Waals surface area contributed by atoms with E-state index in [0.29, 0.717) is 0 Å². The standard InChI is InChI=1S/C18H17N3O/c1-14(22)20-17-9-7-16(8-10-17)18-19-11-12-21(18)13-15-5-3-2-4-6-15/h2-12H,13H2,1H3,(H,20,22). The van der Waals surface area contributed by atoms with Crippen LogP contribution >= 0.6 is 0 Å². The quantitative estimate of drug-likeness (QED) is 0.799. The molecule has 0 aliphatic carbocycles. The van der Waals surface area contributed by atoms with E-state index in [2.05, 4.69) is 27.0 Å². The molecule has 0 atom stereocenters. The van der Waals surface area contributed by atoms with Gasteiger partial charge < -0.3 is 9.88 Å². The Morgan fingerprint density at radius 1 is 1.09 bits per heavy atom. The van der Waals surface area contributed by atoms with Gasteiger partial charge in [0.25, 0.3) is 0 Å². The maximum absolute atomic E-state index is 11.1. The molecule has 0 bridgehead atoms. The molecule has 0 spiro atoms. The van der Waals surface area contributed by atoms with E-state index in [1.54, 1.807) is 6.20 Å². The van der Waals surface area contributed by atoms with Crippen molar-refractivity contribution in [2.24, 2.45) is 0 Å². The van der Waals surface area contributed by atoms with Crippen LogP contribution in [0.25, 0.3) is 11.4 Å². The van der Waals surface area contributed by atoms with Crippen LogP contribution in [-0.2, 0) is 11.3 Å². The number of amides is 1. The zero-order valence-corrected chi connectivity index (χ0v) is 12.4. The van der Waals surface area contributed by atoms with Crippen molar-refractivity contribution in [1.82, 2.24) is 9.55 Å². The minimum atomic E-state index is -0.0710. The molecule has 3 aromatic rings. The van der Waals surface area contributed by atoms with Crippen molar-refractivity contribution in [3.05, 3.63) is 72.6 Å². The van der Waals surface area contributed by atoms with Crippen LogP contribution in [0.2, 0.25) is 0 Å². The van der Waals surface area contributed by atoms with Gasteiger partial charge in [0.1, 0.15) is 5.82 Å². The molecule has 0 aliphatic rings. The van der Waals surface area contributed by atoms with E-state index < -0.39 is 0 Å². The molecule has 0 saturated heterocycles. The van der Waals surface area contributed by atoms with E-state index in [4.69, 9.17) is 0 Å². The van der Waals surface area contributed by atoms with E-state index >= 15 is 0 Å². The Morgan fingerprint density at radius 2 is 1.82 bits per heavy atom. The van der Waals surface area contributed by atoms with Crippen molar-refractivity contribution in [3.8, 4) is 11.4 Å². The summed E-state index contributed by atoms with van der Waals surface area (Å²) in [6.45, 7) is 2.28. The van der Waals surface area contributed by atoms with Gasteiger partial charge in [0.2, 0.25) is 5.91 Å². The summed E-state index contributed by atoms with van der Waals surface area (Å²) in [5.74, 6) is 0.844. The van der Waals surface area contributed by atoms with Gasteiger partial charge in [-0.25, -0.2) is 4.98 Å². The van der Waals surface area contributed by atoms with Crippen molar-refractivity contribution in [1.29, 1.82) is 0 Å². The summed E-state index contributed by atoms with van der Waals surface area (Å²) in [6, 6.07) is 18.0. The fourth-order valence-electron chi connectivity index (χ4n) is 2.38. The first kappa shape index (κ1) is 14.1. The Kier molecular flexibility index (Phi) is 4.01. The van der Waals surface area contributed by atoms with Gasteiger partial charge in [-0.15, -0.1) is 0 Å². The third-order valence-electron chi connectivity index (χ3n) is 3.37. The molecule has 3 rings (SSSR count). The van der Waals surface area contributed by atoms with Crippen LogP contribution in [0, 0.1) is 0 Å². The number of benzene rings is 2. The third kappa shape index (κ3) is 3.23. The molecule has 0 saturated carbocycles. The maximum Gasteiger partial charge on any atom is 0.221 e. The van der Waals surface area contributed by atoms with E-state index in [1.165, 1.54) is 12.5 Å². The lowest BCUT2D eigenvalue weighted by molar-refractivity contribution is -0.114. The van der Waals surface area contributed by atoms with Gasteiger partial charge in [-0.3, -0.25) is 4.79 Å². The number of hydrogen-bond donors (Lipinski definition) is 1. The summed E-state index contributed by atoms with van der Waals surface area (Å²) in [6.07, 6.45) is 3.78. The summed E-state index contributed by atoms with van der Waals surface area (Å²) in [4.78, 5) is 15.5. The summed E-state index contributed by atoms with van der Waals surface area (Å²) < 4.78 is 2.11.